The van der Waals surface area contributed by atoms with Crippen molar-refractivity contribution in [1.29, 1.82) is 0 Å². The van der Waals surface area contributed by atoms with Gasteiger partial charge in [0.2, 0.25) is 0 Å². The molecule has 39 heavy (non-hydrogen) atoms. The van der Waals surface area contributed by atoms with Gasteiger partial charge in [-0.3, -0.25) is 4.79 Å². The first-order chi connectivity index (χ1) is 18.3. The standard InChI is InChI=1S/C28H25F6NO4/c1-3-35(26(37)39-17-18-7-5-4-6-8-18)16-21-15-22(27(29,30)31)9-10-24(21)20-11-19(13-25(36)38-2)12-23(14-20)28(32,33)34/h4-12,14-15H,3,13,16-17H2,1-2H3. The highest BCUT2D eigenvalue weighted by Gasteiger charge is 2.33. The fraction of sp³-hybridized carbons (Fsp3) is 0.286. The summed E-state index contributed by atoms with van der Waals surface area (Å²) in [4.78, 5) is 25.6. The van der Waals surface area contributed by atoms with Crippen LogP contribution in [0.3, 0.4) is 0 Å². The Kier molecular flexibility index (Phi) is 9.26. The molecule has 0 heterocycles. The zero-order valence-corrected chi connectivity index (χ0v) is 21.0. The molecule has 0 fully saturated rings. The van der Waals surface area contributed by atoms with Crippen LogP contribution in [0.5, 0.6) is 0 Å². The van der Waals surface area contributed by atoms with Gasteiger partial charge in [0.15, 0.2) is 0 Å². The number of benzene rings is 3. The number of esters is 1. The van der Waals surface area contributed by atoms with Crippen molar-refractivity contribution in [2.75, 3.05) is 13.7 Å². The second-order valence-corrected chi connectivity index (χ2v) is 8.59. The van der Waals surface area contributed by atoms with Gasteiger partial charge in [0.25, 0.3) is 0 Å². The Morgan fingerprint density at radius 1 is 0.821 bits per heavy atom. The van der Waals surface area contributed by atoms with E-state index in [1.807, 2.05) is 0 Å². The summed E-state index contributed by atoms with van der Waals surface area (Å²) in [6.45, 7) is 1.21. The maximum Gasteiger partial charge on any atom is 0.416 e. The minimum absolute atomic E-state index is 0.0351. The molecule has 0 saturated carbocycles. The first-order valence-corrected chi connectivity index (χ1v) is 11.8. The average molecular weight is 553 g/mol. The topological polar surface area (TPSA) is 55.8 Å². The molecule has 0 bridgehead atoms. The fourth-order valence-electron chi connectivity index (χ4n) is 3.86. The van der Waals surface area contributed by atoms with E-state index in [2.05, 4.69) is 4.74 Å². The molecular formula is C28H25F6NO4. The lowest BCUT2D eigenvalue weighted by Crippen LogP contribution is -2.31. The highest BCUT2D eigenvalue weighted by molar-refractivity contribution is 5.76. The molecule has 1 amide bonds. The van der Waals surface area contributed by atoms with Crippen LogP contribution >= 0.6 is 0 Å². The monoisotopic (exact) mass is 553 g/mol. The Labute approximate surface area is 220 Å². The Balaban J connectivity index is 2.04. The van der Waals surface area contributed by atoms with E-state index in [-0.39, 0.29) is 42.0 Å². The summed E-state index contributed by atoms with van der Waals surface area (Å²) in [5, 5.41) is 0. The van der Waals surface area contributed by atoms with Crippen LogP contribution in [0.25, 0.3) is 11.1 Å². The van der Waals surface area contributed by atoms with Gasteiger partial charge in [0, 0.05) is 13.1 Å². The summed E-state index contributed by atoms with van der Waals surface area (Å²) >= 11 is 0. The lowest BCUT2D eigenvalue weighted by Gasteiger charge is -2.23. The lowest BCUT2D eigenvalue weighted by atomic mass is 9.93. The van der Waals surface area contributed by atoms with E-state index in [0.717, 1.165) is 42.3 Å². The normalized spacial score (nSPS) is 11.7. The van der Waals surface area contributed by atoms with Gasteiger partial charge < -0.3 is 14.4 Å². The van der Waals surface area contributed by atoms with Crippen LogP contribution < -0.4 is 0 Å². The summed E-state index contributed by atoms with van der Waals surface area (Å²) < 4.78 is 91.5. The van der Waals surface area contributed by atoms with Crippen molar-refractivity contribution < 1.29 is 45.4 Å². The molecule has 0 spiro atoms. The number of nitrogens with zero attached hydrogens (tertiary/aromatic N) is 1. The van der Waals surface area contributed by atoms with Gasteiger partial charge in [-0.1, -0.05) is 42.5 Å². The van der Waals surface area contributed by atoms with Crippen LogP contribution in [-0.2, 0) is 46.2 Å². The smallest absolute Gasteiger partial charge is 0.416 e. The van der Waals surface area contributed by atoms with Gasteiger partial charge in [0.1, 0.15) is 6.61 Å². The van der Waals surface area contributed by atoms with Crippen molar-refractivity contribution in [3.05, 3.63) is 94.5 Å². The van der Waals surface area contributed by atoms with Gasteiger partial charge in [-0.05, 0) is 59.0 Å². The lowest BCUT2D eigenvalue weighted by molar-refractivity contribution is -0.140. The SMILES string of the molecule is CCN(Cc1cc(C(F)(F)F)ccc1-c1cc(CC(=O)OC)cc(C(F)(F)F)c1)C(=O)OCc1ccccc1. The van der Waals surface area contributed by atoms with E-state index in [9.17, 15) is 35.9 Å². The van der Waals surface area contributed by atoms with E-state index in [0.29, 0.717) is 5.56 Å². The summed E-state index contributed by atoms with van der Waals surface area (Å²) in [5.41, 5.74) is -1.53. The van der Waals surface area contributed by atoms with E-state index in [4.69, 9.17) is 4.74 Å². The average Bonchev–Trinajstić information content (AvgIpc) is 2.89. The van der Waals surface area contributed by atoms with Crippen LogP contribution in [0, 0.1) is 0 Å². The predicted octanol–water partition coefficient (Wildman–Crippen LogP) is 7.27. The molecule has 0 aliphatic carbocycles. The molecule has 0 saturated heterocycles. The second-order valence-electron chi connectivity index (χ2n) is 8.59. The fourth-order valence-corrected chi connectivity index (χ4v) is 3.86. The third-order valence-corrected chi connectivity index (χ3v) is 5.85. The van der Waals surface area contributed by atoms with Crippen LogP contribution in [0.2, 0.25) is 0 Å². The Morgan fingerprint density at radius 3 is 2.08 bits per heavy atom. The summed E-state index contributed by atoms with van der Waals surface area (Å²) in [7, 11) is 1.08. The molecule has 11 heteroatoms. The third-order valence-electron chi connectivity index (χ3n) is 5.85. The molecule has 3 aromatic carbocycles. The van der Waals surface area contributed by atoms with E-state index < -0.39 is 42.0 Å². The number of halogens is 6. The van der Waals surface area contributed by atoms with Crippen LogP contribution in [-0.4, -0.2) is 30.6 Å². The van der Waals surface area contributed by atoms with E-state index >= 15 is 0 Å². The molecule has 0 radical (unpaired) electrons. The highest BCUT2D eigenvalue weighted by Crippen LogP contribution is 2.37. The van der Waals surface area contributed by atoms with Crippen molar-refractivity contribution in [1.82, 2.24) is 4.90 Å². The molecule has 5 nitrogen and oxygen atoms in total. The first-order valence-electron chi connectivity index (χ1n) is 11.8. The number of rotatable bonds is 8. The molecule has 0 aromatic heterocycles. The number of hydrogen-bond donors (Lipinski definition) is 0. The Bertz CT molecular complexity index is 1310. The molecular weight excluding hydrogens is 528 g/mol. The molecule has 0 aliphatic rings. The quantitative estimate of drug-likeness (QED) is 0.218. The van der Waals surface area contributed by atoms with Gasteiger partial charge in [-0.15, -0.1) is 0 Å². The number of alkyl halides is 6. The minimum Gasteiger partial charge on any atom is -0.469 e. The van der Waals surface area contributed by atoms with Crippen LogP contribution in [0.4, 0.5) is 31.1 Å². The molecule has 208 valence electrons. The van der Waals surface area contributed by atoms with E-state index in [1.165, 1.54) is 6.07 Å². The number of ether oxygens (including phenoxy) is 2. The molecule has 0 N–H and O–H groups in total. The molecule has 3 aromatic rings. The zero-order valence-electron chi connectivity index (χ0n) is 21.0. The highest BCUT2D eigenvalue weighted by atomic mass is 19.4. The van der Waals surface area contributed by atoms with Crippen molar-refractivity contribution in [2.24, 2.45) is 0 Å². The van der Waals surface area contributed by atoms with Gasteiger partial charge in [-0.25, -0.2) is 4.79 Å². The number of amides is 1. The summed E-state index contributed by atoms with van der Waals surface area (Å²) in [5.74, 6) is -0.786. The largest absolute Gasteiger partial charge is 0.469 e. The maximum atomic E-state index is 13.7. The minimum atomic E-state index is -4.79. The summed E-state index contributed by atoms with van der Waals surface area (Å²) in [6, 6.07) is 14.2. The van der Waals surface area contributed by atoms with Crippen molar-refractivity contribution in [3.63, 3.8) is 0 Å². The molecule has 3 rings (SSSR count). The van der Waals surface area contributed by atoms with Crippen molar-refractivity contribution in [3.8, 4) is 11.1 Å². The number of hydrogen-bond acceptors (Lipinski definition) is 4. The van der Waals surface area contributed by atoms with Gasteiger partial charge >= 0.3 is 24.4 Å². The van der Waals surface area contributed by atoms with Gasteiger partial charge in [-0.2, -0.15) is 26.3 Å². The molecule has 0 unspecified atom stereocenters. The van der Waals surface area contributed by atoms with Gasteiger partial charge in [0.05, 0.1) is 24.7 Å². The van der Waals surface area contributed by atoms with Crippen molar-refractivity contribution >= 4 is 12.1 Å². The van der Waals surface area contributed by atoms with Crippen molar-refractivity contribution in [2.45, 2.75) is 38.8 Å². The molecule has 0 aliphatic heterocycles. The predicted molar refractivity (Wildman–Crippen MR) is 130 cm³/mol. The van der Waals surface area contributed by atoms with E-state index in [1.54, 1.807) is 37.3 Å². The first kappa shape index (κ1) is 29.5. The number of carbonyl (C=O) groups is 2. The van der Waals surface area contributed by atoms with Crippen LogP contribution in [0.15, 0.2) is 66.7 Å². The summed E-state index contributed by atoms with van der Waals surface area (Å²) in [6.07, 6.45) is -10.8. The maximum absolute atomic E-state index is 13.7. The Hall–Kier alpha value is -4.02. The molecule has 0 atom stereocenters. The number of methoxy groups -OCH3 is 1. The second kappa shape index (κ2) is 12.2. The third kappa shape index (κ3) is 7.98. The van der Waals surface area contributed by atoms with Crippen LogP contribution in [0.1, 0.15) is 34.7 Å². The number of carbonyl (C=O) groups excluding carboxylic acids is 2. The Morgan fingerprint density at radius 2 is 1.49 bits per heavy atom. The zero-order chi connectivity index (χ0) is 28.8.